The molecule has 0 unspecified atom stereocenters. The molecule has 0 spiro atoms. The Morgan fingerprint density at radius 1 is 1.45 bits per heavy atom. The van der Waals surface area contributed by atoms with Gasteiger partial charge in [0, 0.05) is 11.9 Å². The van der Waals surface area contributed by atoms with E-state index in [9.17, 15) is 9.90 Å². The zero-order valence-corrected chi connectivity index (χ0v) is 11.3. The number of aliphatic hydroxyl groups is 1. The van der Waals surface area contributed by atoms with Crippen molar-refractivity contribution < 1.29 is 9.90 Å². The molecule has 7 heteroatoms. The van der Waals surface area contributed by atoms with Gasteiger partial charge < -0.3 is 10.4 Å². The van der Waals surface area contributed by atoms with Gasteiger partial charge in [0.15, 0.2) is 0 Å². The summed E-state index contributed by atoms with van der Waals surface area (Å²) in [5.41, 5.74) is 0.860. The average molecular weight is 275 g/mol. The number of aryl methyl sites for hydroxylation is 1. The predicted molar refractivity (Wildman–Crippen MR) is 71.2 cm³/mol. The van der Waals surface area contributed by atoms with Gasteiger partial charge in [-0.2, -0.15) is 4.98 Å². The second kappa shape index (κ2) is 5.16. The van der Waals surface area contributed by atoms with Gasteiger partial charge in [-0.1, -0.05) is 12.8 Å². The van der Waals surface area contributed by atoms with Crippen LogP contribution < -0.4 is 5.32 Å². The van der Waals surface area contributed by atoms with Crippen molar-refractivity contribution in [3.05, 3.63) is 23.8 Å². The fraction of sp³-hybridized carbons (Fsp3) is 0.538. The average Bonchev–Trinajstić information content (AvgIpc) is 2.87. The molecule has 0 aliphatic heterocycles. The third-order valence-corrected chi connectivity index (χ3v) is 3.68. The molecule has 20 heavy (non-hydrogen) atoms. The molecule has 1 fully saturated rings. The lowest BCUT2D eigenvalue weighted by Crippen LogP contribution is -2.45. The van der Waals surface area contributed by atoms with Crippen LogP contribution in [0, 0.1) is 6.92 Å². The van der Waals surface area contributed by atoms with Crippen LogP contribution in [0.5, 0.6) is 0 Å². The number of aliphatic hydroxyl groups excluding tert-OH is 1. The molecular weight excluding hydrogens is 258 g/mol. The maximum atomic E-state index is 12.2. The third kappa shape index (κ3) is 2.36. The molecule has 3 rings (SSSR count). The molecule has 2 aromatic heterocycles. The first kappa shape index (κ1) is 13.0. The monoisotopic (exact) mass is 275 g/mol. The van der Waals surface area contributed by atoms with Crippen molar-refractivity contribution in [1.82, 2.24) is 24.9 Å². The summed E-state index contributed by atoms with van der Waals surface area (Å²) in [5.74, 6) is 0.129. The lowest BCUT2D eigenvalue weighted by Gasteiger charge is -2.27. The molecule has 1 amide bonds. The first-order valence-corrected chi connectivity index (χ1v) is 6.82. The zero-order chi connectivity index (χ0) is 14.1. The van der Waals surface area contributed by atoms with Crippen molar-refractivity contribution in [2.24, 2.45) is 0 Å². The standard InChI is InChI=1S/C13H17N5O2/c1-8-6-7-14-13-16-11(17-18(8)13)12(20)15-9-4-2-3-5-10(9)19/h6-7,9-10,19H,2-5H2,1H3,(H,15,20)/t9-,10-/m1/s1. The van der Waals surface area contributed by atoms with Crippen LogP contribution in [-0.2, 0) is 0 Å². The van der Waals surface area contributed by atoms with E-state index in [1.807, 2.05) is 6.92 Å². The molecule has 0 aromatic carbocycles. The minimum absolute atomic E-state index is 0.0876. The van der Waals surface area contributed by atoms with Crippen molar-refractivity contribution in [2.45, 2.75) is 44.8 Å². The van der Waals surface area contributed by atoms with Gasteiger partial charge in [-0.15, -0.1) is 5.10 Å². The Labute approximate surface area is 116 Å². The molecule has 2 atom stereocenters. The largest absolute Gasteiger partial charge is 0.391 e. The van der Waals surface area contributed by atoms with Gasteiger partial charge in [-0.3, -0.25) is 4.79 Å². The van der Waals surface area contributed by atoms with Crippen molar-refractivity contribution in [3.8, 4) is 0 Å². The van der Waals surface area contributed by atoms with E-state index in [0.717, 1.165) is 31.4 Å². The highest BCUT2D eigenvalue weighted by Crippen LogP contribution is 2.18. The second-order valence-electron chi connectivity index (χ2n) is 5.17. The molecule has 2 heterocycles. The van der Waals surface area contributed by atoms with E-state index in [-0.39, 0.29) is 17.8 Å². The van der Waals surface area contributed by atoms with E-state index in [1.54, 1.807) is 12.3 Å². The van der Waals surface area contributed by atoms with Crippen LogP contribution in [0.2, 0.25) is 0 Å². The van der Waals surface area contributed by atoms with Crippen LogP contribution in [0.1, 0.15) is 42.0 Å². The Hall–Kier alpha value is -2.02. The van der Waals surface area contributed by atoms with Crippen LogP contribution >= 0.6 is 0 Å². The molecule has 1 aliphatic carbocycles. The van der Waals surface area contributed by atoms with Gasteiger partial charge in [0.25, 0.3) is 11.7 Å². The first-order chi connectivity index (χ1) is 9.65. The highest BCUT2D eigenvalue weighted by Gasteiger charge is 2.26. The topological polar surface area (TPSA) is 92.4 Å². The highest BCUT2D eigenvalue weighted by atomic mass is 16.3. The normalized spacial score (nSPS) is 22.9. The molecule has 1 saturated carbocycles. The number of hydrogen-bond donors (Lipinski definition) is 2. The number of fused-ring (bicyclic) bond motifs is 1. The fourth-order valence-corrected chi connectivity index (χ4v) is 2.52. The molecule has 2 N–H and O–H groups in total. The number of hydrogen-bond acceptors (Lipinski definition) is 5. The SMILES string of the molecule is Cc1ccnc2nc(C(=O)N[C@@H]3CCCC[C@H]3O)nn12. The summed E-state index contributed by atoms with van der Waals surface area (Å²) in [5, 5.41) is 16.8. The number of amides is 1. The van der Waals surface area contributed by atoms with Gasteiger partial charge in [-0.25, -0.2) is 9.50 Å². The number of nitrogens with zero attached hydrogens (tertiary/aromatic N) is 4. The fourth-order valence-electron chi connectivity index (χ4n) is 2.52. The van der Waals surface area contributed by atoms with Gasteiger partial charge >= 0.3 is 0 Å². The summed E-state index contributed by atoms with van der Waals surface area (Å²) in [6.07, 6.45) is 4.68. The van der Waals surface area contributed by atoms with Crippen LogP contribution in [0.3, 0.4) is 0 Å². The highest BCUT2D eigenvalue weighted by molar-refractivity contribution is 5.91. The number of carbonyl (C=O) groups excluding carboxylic acids is 1. The molecule has 0 bridgehead atoms. The Bertz CT molecular complexity index is 639. The second-order valence-corrected chi connectivity index (χ2v) is 5.17. The van der Waals surface area contributed by atoms with Crippen LogP contribution in [0.25, 0.3) is 5.78 Å². The summed E-state index contributed by atoms with van der Waals surface area (Å²) >= 11 is 0. The van der Waals surface area contributed by atoms with Crippen molar-refractivity contribution in [1.29, 1.82) is 0 Å². The summed E-state index contributed by atoms with van der Waals surface area (Å²) < 4.78 is 1.53. The van der Waals surface area contributed by atoms with E-state index in [0.29, 0.717) is 5.78 Å². The van der Waals surface area contributed by atoms with Gasteiger partial charge in [0.05, 0.1) is 12.1 Å². The maximum Gasteiger partial charge on any atom is 0.291 e. The molecule has 0 saturated heterocycles. The van der Waals surface area contributed by atoms with Crippen molar-refractivity contribution >= 4 is 11.7 Å². The number of aromatic nitrogens is 4. The van der Waals surface area contributed by atoms with E-state index in [1.165, 1.54) is 4.52 Å². The van der Waals surface area contributed by atoms with Gasteiger partial charge in [0.2, 0.25) is 5.82 Å². The number of carbonyl (C=O) groups is 1. The lowest BCUT2D eigenvalue weighted by molar-refractivity contribution is 0.0710. The van der Waals surface area contributed by atoms with Crippen molar-refractivity contribution in [3.63, 3.8) is 0 Å². The van der Waals surface area contributed by atoms with E-state index in [4.69, 9.17) is 0 Å². The van der Waals surface area contributed by atoms with Crippen molar-refractivity contribution in [2.75, 3.05) is 0 Å². The Kier molecular flexibility index (Phi) is 3.35. The molecule has 2 aromatic rings. The predicted octanol–water partition coefficient (Wildman–Crippen LogP) is 0.466. The maximum absolute atomic E-state index is 12.2. The van der Waals surface area contributed by atoms with E-state index in [2.05, 4.69) is 20.4 Å². The lowest BCUT2D eigenvalue weighted by atomic mass is 9.92. The zero-order valence-electron chi connectivity index (χ0n) is 11.3. The summed E-state index contributed by atoms with van der Waals surface area (Å²) in [4.78, 5) is 20.3. The quantitative estimate of drug-likeness (QED) is 0.831. The summed E-state index contributed by atoms with van der Waals surface area (Å²) in [7, 11) is 0. The summed E-state index contributed by atoms with van der Waals surface area (Å²) in [6, 6.07) is 1.59. The molecular formula is C13H17N5O2. The smallest absolute Gasteiger partial charge is 0.291 e. The summed E-state index contributed by atoms with van der Waals surface area (Å²) in [6.45, 7) is 1.87. The van der Waals surface area contributed by atoms with Gasteiger partial charge in [-0.05, 0) is 25.8 Å². The number of rotatable bonds is 2. The molecule has 7 nitrogen and oxygen atoms in total. The van der Waals surface area contributed by atoms with Crippen LogP contribution in [0.4, 0.5) is 0 Å². The minimum atomic E-state index is -0.482. The minimum Gasteiger partial charge on any atom is -0.391 e. The van der Waals surface area contributed by atoms with Crippen LogP contribution in [0.15, 0.2) is 12.3 Å². The number of nitrogens with one attached hydrogen (secondary N) is 1. The Morgan fingerprint density at radius 3 is 3.00 bits per heavy atom. The third-order valence-electron chi connectivity index (χ3n) is 3.68. The molecule has 106 valence electrons. The molecule has 1 aliphatic rings. The Morgan fingerprint density at radius 2 is 2.25 bits per heavy atom. The first-order valence-electron chi connectivity index (χ1n) is 6.82. The van der Waals surface area contributed by atoms with Crippen LogP contribution in [-0.4, -0.2) is 42.7 Å². The molecule has 0 radical (unpaired) electrons. The van der Waals surface area contributed by atoms with E-state index >= 15 is 0 Å². The Balaban J connectivity index is 1.80. The van der Waals surface area contributed by atoms with Gasteiger partial charge in [0.1, 0.15) is 0 Å². The van der Waals surface area contributed by atoms with E-state index < -0.39 is 6.10 Å².